The molecular formula is C34H36O2S2. The summed E-state index contributed by atoms with van der Waals surface area (Å²) in [7, 11) is 0. The standard InChI is InChI=1S/C34H36O2S2/c35-31-25-3-1-5-27(37-33-13-19-7-20(14-33)9-21(8-19)15-33)29(25)32(36)30-26(31)4-2-6-28(30)38-34-16-22-10-23(17-34)12-24(11-22)18-34/h1-6,19-24H,7-18H2. The number of ketones is 2. The zero-order valence-corrected chi connectivity index (χ0v) is 23.7. The molecule has 0 amide bonds. The van der Waals surface area contributed by atoms with Gasteiger partial charge in [-0.15, -0.1) is 23.5 Å². The van der Waals surface area contributed by atoms with E-state index in [-0.39, 0.29) is 21.1 Å². The summed E-state index contributed by atoms with van der Waals surface area (Å²) in [6, 6.07) is 12.1. The van der Waals surface area contributed by atoms with E-state index < -0.39 is 0 Å². The fourth-order valence-corrected chi connectivity index (χ4v) is 14.9. The minimum absolute atomic E-state index is 0.0514. The Morgan fingerprint density at radius 2 is 0.842 bits per heavy atom. The molecule has 0 unspecified atom stereocenters. The molecule has 8 bridgehead atoms. The van der Waals surface area contributed by atoms with Crippen molar-refractivity contribution in [1.29, 1.82) is 0 Å². The van der Waals surface area contributed by atoms with Gasteiger partial charge in [0.1, 0.15) is 0 Å². The van der Waals surface area contributed by atoms with Crippen LogP contribution in [0.4, 0.5) is 0 Å². The van der Waals surface area contributed by atoms with Crippen LogP contribution in [0.2, 0.25) is 0 Å². The summed E-state index contributed by atoms with van der Waals surface area (Å²) in [5.74, 6) is 5.38. The van der Waals surface area contributed by atoms with Gasteiger partial charge < -0.3 is 0 Å². The van der Waals surface area contributed by atoms with Crippen molar-refractivity contribution in [2.45, 2.75) is 96.3 Å². The van der Waals surface area contributed by atoms with Gasteiger partial charge in [0, 0.05) is 41.5 Å². The first-order chi connectivity index (χ1) is 18.4. The Hall–Kier alpha value is -1.52. The Kier molecular flexibility index (Phi) is 4.90. The number of thioether (sulfide) groups is 2. The summed E-state index contributed by atoms with van der Waals surface area (Å²) < 4.78 is 0.530. The molecule has 0 aromatic heterocycles. The quantitative estimate of drug-likeness (QED) is 0.332. The molecule has 8 fully saturated rings. The minimum Gasteiger partial charge on any atom is -0.289 e. The first-order valence-electron chi connectivity index (χ1n) is 15.2. The summed E-state index contributed by atoms with van der Waals surface area (Å²) in [5, 5.41) is 0. The van der Waals surface area contributed by atoms with Gasteiger partial charge in [-0.2, -0.15) is 0 Å². The van der Waals surface area contributed by atoms with Gasteiger partial charge in [0.15, 0.2) is 11.6 Å². The number of rotatable bonds is 4. The molecule has 0 heterocycles. The molecule has 38 heavy (non-hydrogen) atoms. The highest BCUT2D eigenvalue weighted by Crippen LogP contribution is 2.64. The molecule has 2 aromatic rings. The van der Waals surface area contributed by atoms with Gasteiger partial charge in [0.05, 0.1) is 0 Å². The molecule has 0 saturated heterocycles. The zero-order chi connectivity index (χ0) is 25.2. The summed E-state index contributed by atoms with van der Waals surface area (Å²) in [5.41, 5.74) is 2.69. The molecule has 0 spiro atoms. The summed E-state index contributed by atoms with van der Waals surface area (Å²) in [6.45, 7) is 0. The maximum atomic E-state index is 14.5. The van der Waals surface area contributed by atoms with Crippen LogP contribution in [-0.4, -0.2) is 21.1 Å². The monoisotopic (exact) mass is 540 g/mol. The van der Waals surface area contributed by atoms with E-state index in [1.165, 1.54) is 77.0 Å². The Labute approximate surface area is 234 Å². The van der Waals surface area contributed by atoms with E-state index in [1.807, 2.05) is 47.8 Å². The van der Waals surface area contributed by atoms with Gasteiger partial charge >= 0.3 is 0 Å². The highest BCUT2D eigenvalue weighted by atomic mass is 32.2. The van der Waals surface area contributed by atoms with Crippen LogP contribution in [0.25, 0.3) is 0 Å². The predicted molar refractivity (Wildman–Crippen MR) is 153 cm³/mol. The molecule has 11 rings (SSSR count). The van der Waals surface area contributed by atoms with Gasteiger partial charge in [0.2, 0.25) is 0 Å². The van der Waals surface area contributed by atoms with Crippen molar-refractivity contribution in [3.63, 3.8) is 0 Å². The summed E-state index contributed by atoms with van der Waals surface area (Å²) in [4.78, 5) is 30.5. The van der Waals surface area contributed by atoms with Crippen LogP contribution in [0.5, 0.6) is 0 Å². The molecule has 9 aliphatic carbocycles. The van der Waals surface area contributed by atoms with E-state index in [4.69, 9.17) is 0 Å². The molecule has 8 saturated carbocycles. The van der Waals surface area contributed by atoms with Gasteiger partial charge in [-0.3, -0.25) is 9.59 Å². The van der Waals surface area contributed by atoms with Crippen LogP contribution >= 0.6 is 23.5 Å². The lowest BCUT2D eigenvalue weighted by Gasteiger charge is -2.56. The van der Waals surface area contributed by atoms with Crippen molar-refractivity contribution < 1.29 is 9.59 Å². The van der Waals surface area contributed by atoms with Gasteiger partial charge in [-0.25, -0.2) is 0 Å². The number of benzene rings is 2. The van der Waals surface area contributed by atoms with Crippen LogP contribution < -0.4 is 0 Å². The first kappa shape index (κ1) is 23.2. The summed E-state index contributed by atoms with van der Waals surface area (Å²) in [6.07, 6.45) is 16.3. The molecule has 9 aliphatic rings. The Bertz CT molecular complexity index is 1220. The number of fused-ring (bicyclic) bond motifs is 2. The van der Waals surface area contributed by atoms with Gasteiger partial charge in [-0.05, 0) is 125 Å². The largest absolute Gasteiger partial charge is 0.289 e. The van der Waals surface area contributed by atoms with E-state index >= 15 is 0 Å². The SMILES string of the molecule is O=C1c2cccc(SC34CC5CC(CC(C5)C3)C4)c2C(=O)c2c(SC34CC5CC(CC(C5)C3)C4)cccc21. The Morgan fingerprint density at radius 3 is 1.18 bits per heavy atom. The van der Waals surface area contributed by atoms with E-state index in [2.05, 4.69) is 12.1 Å². The Morgan fingerprint density at radius 1 is 0.500 bits per heavy atom. The molecule has 0 atom stereocenters. The second kappa shape index (κ2) is 8.03. The van der Waals surface area contributed by atoms with E-state index in [1.54, 1.807) is 0 Å². The smallest absolute Gasteiger partial charge is 0.196 e. The van der Waals surface area contributed by atoms with E-state index in [0.29, 0.717) is 22.3 Å². The molecule has 196 valence electrons. The highest BCUT2D eigenvalue weighted by Gasteiger charge is 2.53. The normalized spacial score (nSPS) is 41.5. The topological polar surface area (TPSA) is 34.1 Å². The Balaban J connectivity index is 1.10. The number of hydrogen-bond acceptors (Lipinski definition) is 4. The van der Waals surface area contributed by atoms with Crippen LogP contribution in [0.3, 0.4) is 0 Å². The molecule has 2 aromatic carbocycles. The minimum atomic E-state index is 0.0514. The van der Waals surface area contributed by atoms with Crippen molar-refractivity contribution in [2.75, 3.05) is 0 Å². The molecule has 0 radical (unpaired) electrons. The zero-order valence-electron chi connectivity index (χ0n) is 22.0. The predicted octanol–water partition coefficient (Wildman–Crippen LogP) is 8.58. The van der Waals surface area contributed by atoms with E-state index in [9.17, 15) is 9.59 Å². The van der Waals surface area contributed by atoms with Crippen molar-refractivity contribution in [2.24, 2.45) is 35.5 Å². The van der Waals surface area contributed by atoms with Crippen LogP contribution in [-0.2, 0) is 0 Å². The van der Waals surface area contributed by atoms with Crippen molar-refractivity contribution >= 4 is 35.1 Å². The lowest BCUT2D eigenvalue weighted by atomic mass is 9.56. The van der Waals surface area contributed by atoms with Crippen molar-refractivity contribution in [1.82, 2.24) is 0 Å². The average Bonchev–Trinajstić information content (AvgIpc) is 2.85. The third-order valence-corrected chi connectivity index (χ3v) is 14.6. The van der Waals surface area contributed by atoms with Crippen molar-refractivity contribution in [3.05, 3.63) is 58.7 Å². The maximum Gasteiger partial charge on any atom is 0.196 e. The highest BCUT2D eigenvalue weighted by molar-refractivity contribution is 8.01. The third-order valence-electron chi connectivity index (χ3n) is 11.6. The molecular weight excluding hydrogens is 505 g/mol. The number of hydrogen-bond donors (Lipinski definition) is 0. The molecule has 2 nitrogen and oxygen atoms in total. The lowest BCUT2D eigenvalue weighted by molar-refractivity contribution is 0.0382. The van der Waals surface area contributed by atoms with Gasteiger partial charge in [0.25, 0.3) is 0 Å². The molecule has 4 heteroatoms. The fraction of sp³-hybridized carbons (Fsp3) is 0.588. The second-order valence-electron chi connectivity index (χ2n) is 14.4. The van der Waals surface area contributed by atoms with Gasteiger partial charge in [-0.1, -0.05) is 24.3 Å². The van der Waals surface area contributed by atoms with Crippen LogP contribution in [0, 0.1) is 35.5 Å². The fourth-order valence-electron chi connectivity index (χ4n) is 11.1. The first-order valence-corrected chi connectivity index (χ1v) is 16.8. The number of carbonyl (C=O) groups excluding carboxylic acids is 2. The molecule has 0 N–H and O–H groups in total. The third kappa shape index (κ3) is 3.41. The second-order valence-corrected chi connectivity index (χ2v) is 17.4. The van der Waals surface area contributed by atoms with Crippen LogP contribution in [0.15, 0.2) is 46.2 Å². The summed E-state index contributed by atoms with van der Waals surface area (Å²) >= 11 is 3.95. The molecule has 0 aliphatic heterocycles. The maximum absolute atomic E-state index is 14.5. The average molecular weight is 541 g/mol. The van der Waals surface area contributed by atoms with E-state index in [0.717, 1.165) is 45.3 Å². The lowest BCUT2D eigenvalue weighted by Crippen LogP contribution is -2.48. The number of carbonyl (C=O) groups is 2. The van der Waals surface area contributed by atoms with Crippen LogP contribution in [0.1, 0.15) is 109 Å². The van der Waals surface area contributed by atoms with Crippen molar-refractivity contribution in [3.8, 4) is 0 Å².